The minimum atomic E-state index is 0.332. The lowest BCUT2D eigenvalue weighted by molar-refractivity contribution is -0.105. The second-order valence-corrected chi connectivity index (χ2v) is 2.86. The summed E-state index contributed by atoms with van der Waals surface area (Å²) in [6.45, 7) is 0. The van der Waals surface area contributed by atoms with Gasteiger partial charge in [0.1, 0.15) is 0 Å². The Bertz CT molecular complexity index is 500. The molecule has 66 valence electrons. The molecule has 0 unspecified atom stereocenters. The van der Waals surface area contributed by atoms with Crippen molar-refractivity contribution in [3.8, 4) is 0 Å². The van der Waals surface area contributed by atoms with Crippen LogP contribution in [0.5, 0.6) is 0 Å². The average Bonchev–Trinajstić information content (AvgIpc) is 2.44. The van der Waals surface area contributed by atoms with E-state index in [0.29, 0.717) is 22.5 Å². The molecule has 2 aromatic rings. The van der Waals surface area contributed by atoms with Crippen LogP contribution in [0.4, 0.5) is 5.69 Å². The lowest BCUT2D eigenvalue weighted by Crippen LogP contribution is -1.92. The Hall–Kier alpha value is -1.62. The maximum Gasteiger partial charge on any atom is 0.266 e. The summed E-state index contributed by atoms with van der Waals surface area (Å²) in [5.41, 5.74) is 2.14. The molecule has 1 heterocycles. The van der Waals surface area contributed by atoms with Gasteiger partial charge < -0.3 is 14.7 Å². The molecule has 1 aromatic carbocycles. The Kier molecular flexibility index (Phi) is 1.86. The fraction of sp³-hybridized carbons (Fsp3) is 0. The summed E-state index contributed by atoms with van der Waals surface area (Å²) in [4.78, 5) is 13.3. The number of benzene rings is 1. The molecule has 1 aromatic heterocycles. The van der Waals surface area contributed by atoms with Crippen LogP contribution in [0.3, 0.4) is 0 Å². The van der Waals surface area contributed by atoms with E-state index in [2.05, 4.69) is 10.3 Å². The van der Waals surface area contributed by atoms with E-state index in [0.717, 1.165) is 5.52 Å². The molecular weight excluding hydrogens is 188 g/mol. The van der Waals surface area contributed by atoms with Crippen LogP contribution in [0, 0.1) is 4.84 Å². The number of fused-ring (bicyclic) bond motifs is 1. The van der Waals surface area contributed by atoms with Crippen LogP contribution in [-0.4, -0.2) is 11.4 Å². The molecule has 0 radical (unpaired) electrons. The molecule has 0 aliphatic carbocycles. The van der Waals surface area contributed by atoms with E-state index in [1.165, 1.54) is 0 Å². The number of carbonyl (C=O) groups is 1. The van der Waals surface area contributed by atoms with Gasteiger partial charge in [0.05, 0.1) is 5.52 Å². The van der Waals surface area contributed by atoms with Crippen molar-refractivity contribution in [3.05, 3.63) is 23.0 Å². The van der Waals surface area contributed by atoms with Gasteiger partial charge in [-0.3, -0.25) is 4.79 Å². The van der Waals surface area contributed by atoms with Crippen LogP contribution < -0.4 is 5.32 Å². The zero-order valence-electron chi connectivity index (χ0n) is 6.53. The molecule has 13 heavy (non-hydrogen) atoms. The molecule has 0 aliphatic rings. The SMILES string of the molecule is O=CNc1ccc2[nH]c(=S)oc2c1. The zero-order valence-corrected chi connectivity index (χ0v) is 7.35. The van der Waals surface area contributed by atoms with Gasteiger partial charge in [0.25, 0.3) is 4.84 Å². The van der Waals surface area contributed by atoms with E-state index >= 15 is 0 Å². The first-order valence-electron chi connectivity index (χ1n) is 3.62. The van der Waals surface area contributed by atoms with Crippen molar-refractivity contribution in [3.63, 3.8) is 0 Å². The van der Waals surface area contributed by atoms with E-state index in [-0.39, 0.29) is 0 Å². The predicted octanol–water partition coefficient (Wildman–Crippen LogP) is 2.06. The number of carbonyl (C=O) groups excluding carboxylic acids is 1. The number of oxazole rings is 1. The summed E-state index contributed by atoms with van der Waals surface area (Å²) < 4.78 is 5.16. The Morgan fingerprint density at radius 1 is 1.54 bits per heavy atom. The van der Waals surface area contributed by atoms with Crippen molar-refractivity contribution < 1.29 is 9.21 Å². The van der Waals surface area contributed by atoms with E-state index in [1.807, 2.05) is 0 Å². The van der Waals surface area contributed by atoms with E-state index in [4.69, 9.17) is 16.6 Å². The Morgan fingerprint density at radius 3 is 3.15 bits per heavy atom. The van der Waals surface area contributed by atoms with Crippen molar-refractivity contribution in [1.29, 1.82) is 0 Å². The Morgan fingerprint density at radius 2 is 2.38 bits per heavy atom. The number of aromatic amines is 1. The first-order chi connectivity index (χ1) is 6.29. The molecular formula is C8H6N2O2S. The van der Waals surface area contributed by atoms with Gasteiger partial charge in [0, 0.05) is 11.8 Å². The molecule has 0 atom stereocenters. The third-order valence-corrected chi connectivity index (χ3v) is 1.83. The minimum Gasteiger partial charge on any atom is -0.429 e. The molecule has 0 spiro atoms. The third kappa shape index (κ3) is 1.46. The van der Waals surface area contributed by atoms with Gasteiger partial charge in [0.15, 0.2) is 5.58 Å². The van der Waals surface area contributed by atoms with Gasteiger partial charge >= 0.3 is 0 Å². The minimum absolute atomic E-state index is 0.332. The van der Waals surface area contributed by atoms with Gasteiger partial charge in [-0.2, -0.15) is 0 Å². The molecule has 5 heteroatoms. The highest BCUT2D eigenvalue weighted by atomic mass is 32.1. The van der Waals surface area contributed by atoms with Crippen LogP contribution in [0.2, 0.25) is 0 Å². The van der Waals surface area contributed by atoms with Crippen molar-refractivity contribution in [2.75, 3.05) is 5.32 Å². The molecule has 0 saturated carbocycles. The molecule has 0 fully saturated rings. The Balaban J connectivity index is 2.60. The maximum absolute atomic E-state index is 10.1. The van der Waals surface area contributed by atoms with Crippen LogP contribution >= 0.6 is 12.2 Å². The summed E-state index contributed by atoms with van der Waals surface area (Å²) in [5, 5.41) is 2.52. The summed E-state index contributed by atoms with van der Waals surface area (Å²) in [7, 11) is 0. The summed E-state index contributed by atoms with van der Waals surface area (Å²) in [5.74, 6) is 0. The van der Waals surface area contributed by atoms with Crippen molar-refractivity contribution in [2.45, 2.75) is 0 Å². The molecule has 0 saturated heterocycles. The van der Waals surface area contributed by atoms with Gasteiger partial charge in [0.2, 0.25) is 6.41 Å². The van der Waals surface area contributed by atoms with Crippen molar-refractivity contribution >= 4 is 35.4 Å². The summed E-state index contributed by atoms with van der Waals surface area (Å²) >= 11 is 4.81. The highest BCUT2D eigenvalue weighted by molar-refractivity contribution is 7.71. The topological polar surface area (TPSA) is 58.0 Å². The molecule has 2 rings (SSSR count). The van der Waals surface area contributed by atoms with E-state index in [1.54, 1.807) is 18.2 Å². The number of H-pyrrole nitrogens is 1. The Labute approximate surface area is 78.6 Å². The standard InChI is InChI=1S/C8H6N2O2S/c11-4-9-5-1-2-6-7(3-5)12-8(13)10-6/h1-4H,(H,9,11)(H,10,13). The summed E-state index contributed by atoms with van der Waals surface area (Å²) in [6.07, 6.45) is 0.614. The van der Waals surface area contributed by atoms with Crippen LogP contribution in [0.25, 0.3) is 11.1 Å². The first-order valence-corrected chi connectivity index (χ1v) is 4.03. The zero-order chi connectivity index (χ0) is 9.26. The van der Waals surface area contributed by atoms with Gasteiger partial charge in [-0.1, -0.05) is 0 Å². The number of rotatable bonds is 2. The normalized spacial score (nSPS) is 10.2. The third-order valence-electron chi connectivity index (χ3n) is 1.65. The first kappa shape index (κ1) is 8.00. The largest absolute Gasteiger partial charge is 0.429 e. The quantitative estimate of drug-likeness (QED) is 0.568. The van der Waals surface area contributed by atoms with E-state index in [9.17, 15) is 4.79 Å². The monoisotopic (exact) mass is 194 g/mol. The van der Waals surface area contributed by atoms with Gasteiger partial charge in [-0.25, -0.2) is 0 Å². The predicted molar refractivity (Wildman–Crippen MR) is 51.1 cm³/mol. The molecule has 2 N–H and O–H groups in total. The lowest BCUT2D eigenvalue weighted by Gasteiger charge is -1.95. The molecule has 0 aliphatic heterocycles. The second kappa shape index (κ2) is 3.02. The van der Waals surface area contributed by atoms with Crippen molar-refractivity contribution in [2.24, 2.45) is 0 Å². The average molecular weight is 194 g/mol. The lowest BCUT2D eigenvalue weighted by atomic mass is 10.3. The highest BCUT2D eigenvalue weighted by Crippen LogP contribution is 2.17. The van der Waals surface area contributed by atoms with Crippen LogP contribution in [0.15, 0.2) is 22.6 Å². The number of nitrogens with one attached hydrogen (secondary N) is 2. The maximum atomic E-state index is 10.1. The molecule has 4 nitrogen and oxygen atoms in total. The van der Waals surface area contributed by atoms with Crippen LogP contribution in [-0.2, 0) is 4.79 Å². The molecule has 0 bridgehead atoms. The van der Waals surface area contributed by atoms with Crippen molar-refractivity contribution in [1.82, 2.24) is 4.98 Å². The second-order valence-electron chi connectivity index (χ2n) is 2.49. The van der Waals surface area contributed by atoms with Gasteiger partial charge in [-0.05, 0) is 24.4 Å². The van der Waals surface area contributed by atoms with E-state index < -0.39 is 0 Å². The number of hydrogen-bond donors (Lipinski definition) is 2. The number of aromatic nitrogens is 1. The fourth-order valence-electron chi connectivity index (χ4n) is 1.10. The van der Waals surface area contributed by atoms with Gasteiger partial charge in [-0.15, -0.1) is 0 Å². The fourth-order valence-corrected chi connectivity index (χ4v) is 1.30. The number of hydrogen-bond acceptors (Lipinski definition) is 3. The number of amides is 1. The smallest absolute Gasteiger partial charge is 0.266 e. The van der Waals surface area contributed by atoms with Crippen LogP contribution in [0.1, 0.15) is 0 Å². The number of anilines is 1. The highest BCUT2D eigenvalue weighted by Gasteiger charge is 1.99. The summed E-state index contributed by atoms with van der Waals surface area (Å²) in [6, 6.07) is 5.26. The molecule has 1 amide bonds.